The van der Waals surface area contributed by atoms with Gasteiger partial charge in [-0.2, -0.15) is 0 Å². The molecule has 1 aliphatic rings. The number of nitrogens with zero attached hydrogens (tertiary/aromatic N) is 1. The Morgan fingerprint density at radius 2 is 1.94 bits per heavy atom. The zero-order chi connectivity index (χ0) is 22.7. The number of amides is 1. The highest BCUT2D eigenvalue weighted by Gasteiger charge is 2.23. The highest BCUT2D eigenvalue weighted by atomic mass is 35.5. The van der Waals surface area contributed by atoms with Gasteiger partial charge in [-0.25, -0.2) is 13.4 Å². The second-order valence-electron chi connectivity index (χ2n) is 6.54. The van der Waals surface area contributed by atoms with Crippen LogP contribution in [0.2, 0.25) is 5.02 Å². The van der Waals surface area contributed by atoms with Crippen molar-refractivity contribution < 1.29 is 22.7 Å². The maximum absolute atomic E-state index is 12.7. The standard InChI is InChI=1S/C20H16ClN3O6S2/c21-12-2-1-3-14(8-12)32(27,28)17-10-22-20(24-19(17)26)31-11-18(25)23-13-4-5-15-16(9-13)30-7-6-29-15/h1-5,8-10H,6-7,11H2,(H,23,25)(H,22,24,26). The van der Waals surface area contributed by atoms with Gasteiger partial charge in [0.1, 0.15) is 13.2 Å². The molecule has 32 heavy (non-hydrogen) atoms. The first-order chi connectivity index (χ1) is 15.3. The minimum atomic E-state index is -4.09. The van der Waals surface area contributed by atoms with E-state index in [0.717, 1.165) is 18.0 Å². The predicted molar refractivity (Wildman–Crippen MR) is 119 cm³/mol. The second-order valence-corrected chi connectivity index (χ2v) is 9.86. The van der Waals surface area contributed by atoms with Crippen LogP contribution in [-0.2, 0) is 14.6 Å². The average molecular weight is 494 g/mol. The first-order valence-corrected chi connectivity index (χ1v) is 12.1. The molecule has 0 fully saturated rings. The van der Waals surface area contributed by atoms with E-state index >= 15 is 0 Å². The highest BCUT2D eigenvalue weighted by Crippen LogP contribution is 2.32. The lowest BCUT2D eigenvalue weighted by atomic mass is 10.2. The van der Waals surface area contributed by atoms with E-state index in [2.05, 4.69) is 15.3 Å². The van der Waals surface area contributed by atoms with Crippen molar-refractivity contribution in [3.8, 4) is 11.5 Å². The predicted octanol–water partition coefficient (Wildman–Crippen LogP) is 2.76. The Balaban J connectivity index is 1.42. The number of fused-ring (bicyclic) bond motifs is 1. The summed E-state index contributed by atoms with van der Waals surface area (Å²) in [4.78, 5) is 30.4. The number of halogens is 1. The Morgan fingerprint density at radius 3 is 2.69 bits per heavy atom. The van der Waals surface area contributed by atoms with Gasteiger partial charge in [-0.1, -0.05) is 29.4 Å². The van der Waals surface area contributed by atoms with Gasteiger partial charge in [0.15, 0.2) is 21.6 Å². The molecule has 3 aromatic rings. The first kappa shape index (κ1) is 22.2. The number of hydrogen-bond acceptors (Lipinski definition) is 8. The van der Waals surface area contributed by atoms with Crippen molar-refractivity contribution in [1.82, 2.24) is 9.97 Å². The minimum Gasteiger partial charge on any atom is -0.486 e. The van der Waals surface area contributed by atoms with Crippen LogP contribution in [-0.4, -0.2) is 43.3 Å². The molecule has 0 radical (unpaired) electrons. The van der Waals surface area contributed by atoms with Crippen molar-refractivity contribution in [3.63, 3.8) is 0 Å². The third kappa shape index (κ3) is 4.90. The molecule has 9 nitrogen and oxygen atoms in total. The Hall–Kier alpha value is -3.02. The van der Waals surface area contributed by atoms with Gasteiger partial charge in [0.25, 0.3) is 5.56 Å². The van der Waals surface area contributed by atoms with E-state index in [9.17, 15) is 18.0 Å². The molecule has 2 aromatic carbocycles. The molecule has 1 aliphatic heterocycles. The Kier molecular flexibility index (Phi) is 6.40. The summed E-state index contributed by atoms with van der Waals surface area (Å²) >= 11 is 6.80. The maximum atomic E-state index is 12.7. The molecular weight excluding hydrogens is 478 g/mol. The summed E-state index contributed by atoms with van der Waals surface area (Å²) in [5, 5.41) is 3.05. The fourth-order valence-corrected chi connectivity index (χ4v) is 5.01. The quantitative estimate of drug-likeness (QED) is 0.396. The number of hydrogen-bond donors (Lipinski definition) is 2. The summed E-state index contributed by atoms with van der Waals surface area (Å²) in [5.41, 5.74) is -0.306. The van der Waals surface area contributed by atoms with Gasteiger partial charge in [-0.3, -0.25) is 9.59 Å². The van der Waals surface area contributed by atoms with Gasteiger partial charge in [-0.05, 0) is 30.3 Å². The SMILES string of the molecule is O=C(CSc1ncc(S(=O)(=O)c2cccc(Cl)c2)c(=O)[nH]1)Nc1ccc2c(c1)OCCO2. The molecule has 2 heterocycles. The van der Waals surface area contributed by atoms with Gasteiger partial charge >= 0.3 is 0 Å². The highest BCUT2D eigenvalue weighted by molar-refractivity contribution is 7.99. The average Bonchev–Trinajstić information content (AvgIpc) is 2.77. The van der Waals surface area contributed by atoms with Crippen LogP contribution in [0.3, 0.4) is 0 Å². The van der Waals surface area contributed by atoms with Crippen LogP contribution in [0.1, 0.15) is 0 Å². The van der Waals surface area contributed by atoms with E-state index in [4.69, 9.17) is 21.1 Å². The molecule has 0 unspecified atom stereocenters. The Bertz CT molecular complexity index is 1340. The minimum absolute atomic E-state index is 0.0578. The third-order valence-electron chi connectivity index (χ3n) is 4.31. The van der Waals surface area contributed by atoms with E-state index in [1.807, 2.05) is 0 Å². The van der Waals surface area contributed by atoms with Crippen molar-refractivity contribution in [3.05, 3.63) is 64.0 Å². The summed E-state index contributed by atoms with van der Waals surface area (Å²) < 4.78 is 36.3. The number of aromatic nitrogens is 2. The molecule has 0 spiro atoms. The number of carbonyl (C=O) groups excluding carboxylic acids is 1. The summed E-state index contributed by atoms with van der Waals surface area (Å²) in [6, 6.07) is 10.6. The molecule has 0 atom stereocenters. The summed E-state index contributed by atoms with van der Waals surface area (Å²) in [7, 11) is -4.09. The molecule has 166 valence electrons. The Morgan fingerprint density at radius 1 is 1.16 bits per heavy atom. The lowest BCUT2D eigenvalue weighted by Gasteiger charge is -2.18. The number of nitrogens with one attached hydrogen (secondary N) is 2. The number of rotatable bonds is 6. The fourth-order valence-electron chi connectivity index (χ4n) is 2.84. The van der Waals surface area contributed by atoms with Crippen LogP contribution in [0.25, 0.3) is 0 Å². The Labute approximate surface area is 192 Å². The number of ether oxygens (including phenoxy) is 2. The molecule has 0 aliphatic carbocycles. The zero-order valence-electron chi connectivity index (χ0n) is 16.3. The van der Waals surface area contributed by atoms with Crippen LogP contribution in [0.4, 0.5) is 5.69 Å². The molecular formula is C20H16ClN3O6S2. The van der Waals surface area contributed by atoms with Crippen molar-refractivity contribution in [1.29, 1.82) is 0 Å². The van der Waals surface area contributed by atoms with Crippen LogP contribution in [0.15, 0.2) is 68.4 Å². The van der Waals surface area contributed by atoms with Crippen LogP contribution in [0, 0.1) is 0 Å². The zero-order valence-corrected chi connectivity index (χ0v) is 18.7. The molecule has 0 saturated heterocycles. The largest absolute Gasteiger partial charge is 0.486 e. The molecule has 2 N–H and O–H groups in total. The lowest BCUT2D eigenvalue weighted by molar-refractivity contribution is -0.113. The molecule has 0 bridgehead atoms. The second kappa shape index (κ2) is 9.23. The molecule has 4 rings (SSSR count). The van der Waals surface area contributed by atoms with Gasteiger partial charge in [0.05, 0.1) is 16.8 Å². The van der Waals surface area contributed by atoms with Crippen molar-refractivity contribution in [2.75, 3.05) is 24.3 Å². The number of carbonyl (C=O) groups is 1. The number of H-pyrrole nitrogens is 1. The number of benzene rings is 2. The van der Waals surface area contributed by atoms with Gasteiger partial charge in [-0.15, -0.1) is 0 Å². The number of anilines is 1. The number of thioether (sulfide) groups is 1. The molecule has 12 heteroatoms. The number of sulfone groups is 1. The molecule has 1 amide bonds. The van der Waals surface area contributed by atoms with E-state index in [1.165, 1.54) is 24.3 Å². The van der Waals surface area contributed by atoms with Crippen molar-refractivity contribution >= 4 is 44.8 Å². The summed E-state index contributed by atoms with van der Waals surface area (Å²) in [6.07, 6.45) is 0.968. The topological polar surface area (TPSA) is 127 Å². The molecule has 0 saturated carbocycles. The van der Waals surface area contributed by atoms with Gasteiger partial charge < -0.3 is 19.8 Å². The van der Waals surface area contributed by atoms with E-state index < -0.39 is 20.3 Å². The van der Waals surface area contributed by atoms with Crippen LogP contribution >= 0.6 is 23.4 Å². The monoisotopic (exact) mass is 493 g/mol. The van der Waals surface area contributed by atoms with Crippen molar-refractivity contribution in [2.45, 2.75) is 14.9 Å². The normalized spacial score (nSPS) is 12.9. The number of aromatic amines is 1. The van der Waals surface area contributed by atoms with Crippen molar-refractivity contribution in [2.24, 2.45) is 0 Å². The smallest absolute Gasteiger partial charge is 0.270 e. The van der Waals surface area contributed by atoms with Gasteiger partial charge in [0.2, 0.25) is 15.7 Å². The van der Waals surface area contributed by atoms with Gasteiger partial charge in [0, 0.05) is 16.8 Å². The van der Waals surface area contributed by atoms with Crippen LogP contribution in [0.5, 0.6) is 11.5 Å². The maximum Gasteiger partial charge on any atom is 0.270 e. The van der Waals surface area contributed by atoms with Crippen LogP contribution < -0.4 is 20.3 Å². The summed E-state index contributed by atoms with van der Waals surface area (Å²) in [5.74, 6) is 0.755. The molecule has 1 aromatic heterocycles. The lowest BCUT2D eigenvalue weighted by Crippen LogP contribution is -2.20. The van der Waals surface area contributed by atoms with E-state index in [0.29, 0.717) is 30.4 Å². The first-order valence-electron chi connectivity index (χ1n) is 9.25. The fraction of sp³-hybridized carbons (Fsp3) is 0.150. The van der Waals surface area contributed by atoms with E-state index in [-0.39, 0.29) is 26.7 Å². The van der Waals surface area contributed by atoms with E-state index in [1.54, 1.807) is 18.2 Å². The summed E-state index contributed by atoms with van der Waals surface area (Å²) in [6.45, 7) is 0.905. The third-order valence-corrected chi connectivity index (χ3v) is 7.17.